The van der Waals surface area contributed by atoms with Crippen molar-refractivity contribution in [2.45, 2.75) is 27.2 Å². The van der Waals surface area contributed by atoms with Crippen LogP contribution in [0.5, 0.6) is 0 Å². The number of pyridine rings is 1. The minimum Gasteiger partial charge on any atom is -0.449 e. The molecule has 1 aliphatic heterocycles. The van der Waals surface area contributed by atoms with Crippen LogP contribution in [0.2, 0.25) is 0 Å². The zero-order valence-corrected chi connectivity index (χ0v) is 14.4. The second kappa shape index (κ2) is 7.94. The number of anilines is 1. The summed E-state index contributed by atoms with van der Waals surface area (Å²) in [5.74, 6) is 1.01. The van der Waals surface area contributed by atoms with Gasteiger partial charge in [0.15, 0.2) is 0 Å². The van der Waals surface area contributed by atoms with Crippen molar-refractivity contribution < 1.29 is 14.5 Å². The lowest BCUT2D eigenvalue weighted by Gasteiger charge is -2.23. The zero-order valence-electron chi connectivity index (χ0n) is 14.4. The average molecular weight is 336 g/mol. The number of ether oxygens (including phenoxy) is 1. The first-order chi connectivity index (χ1) is 11.4. The number of rotatable bonds is 4. The second-order valence-corrected chi connectivity index (χ2v) is 6.38. The molecule has 132 valence electrons. The van der Waals surface area contributed by atoms with Crippen LogP contribution in [0.4, 0.5) is 16.3 Å². The predicted octanol–water partition coefficient (Wildman–Crippen LogP) is 2.60. The molecule has 1 fully saturated rings. The Labute approximate surface area is 141 Å². The molecule has 1 aromatic rings. The van der Waals surface area contributed by atoms with Crippen molar-refractivity contribution in [1.82, 2.24) is 9.88 Å². The van der Waals surface area contributed by atoms with Crippen LogP contribution in [-0.2, 0) is 4.74 Å². The minimum atomic E-state index is -0.430. The Kier molecular flexibility index (Phi) is 5.94. The monoisotopic (exact) mass is 336 g/mol. The van der Waals surface area contributed by atoms with Gasteiger partial charge in [0.25, 0.3) is 5.69 Å². The third-order valence-corrected chi connectivity index (χ3v) is 3.88. The summed E-state index contributed by atoms with van der Waals surface area (Å²) >= 11 is 0. The summed E-state index contributed by atoms with van der Waals surface area (Å²) in [5.41, 5.74) is 0.606. The molecule has 0 spiro atoms. The molecule has 8 nitrogen and oxygen atoms in total. The largest absolute Gasteiger partial charge is 0.449 e. The van der Waals surface area contributed by atoms with E-state index >= 15 is 0 Å². The van der Waals surface area contributed by atoms with Gasteiger partial charge in [0.1, 0.15) is 12.0 Å². The Morgan fingerprint density at radius 3 is 2.75 bits per heavy atom. The number of aryl methyl sites for hydroxylation is 1. The van der Waals surface area contributed by atoms with Crippen LogP contribution in [0.1, 0.15) is 25.8 Å². The van der Waals surface area contributed by atoms with Gasteiger partial charge in [-0.05, 0) is 25.3 Å². The van der Waals surface area contributed by atoms with E-state index < -0.39 is 4.92 Å². The summed E-state index contributed by atoms with van der Waals surface area (Å²) in [6, 6.07) is 1.73. The van der Waals surface area contributed by atoms with E-state index in [4.69, 9.17) is 4.74 Å². The fraction of sp³-hybridized carbons (Fsp3) is 0.625. The van der Waals surface area contributed by atoms with Crippen LogP contribution in [-0.4, -0.2) is 53.7 Å². The van der Waals surface area contributed by atoms with Gasteiger partial charge in [-0.15, -0.1) is 0 Å². The molecule has 8 heteroatoms. The molecule has 0 radical (unpaired) electrons. The standard InChI is InChI=1S/C16H24N4O4/c1-12(2)11-24-16(21)19-6-4-5-18(7-8-19)15-9-13(3)14(10-17-15)20(22)23/h9-10,12H,4-8,11H2,1-3H3. The van der Waals surface area contributed by atoms with Crippen molar-refractivity contribution in [1.29, 1.82) is 0 Å². The van der Waals surface area contributed by atoms with E-state index in [1.54, 1.807) is 17.9 Å². The lowest BCUT2D eigenvalue weighted by atomic mass is 10.2. The topological polar surface area (TPSA) is 88.8 Å². The summed E-state index contributed by atoms with van der Waals surface area (Å²) in [6.07, 6.45) is 1.82. The molecular weight excluding hydrogens is 312 g/mol. The third-order valence-electron chi connectivity index (χ3n) is 3.88. The molecule has 2 rings (SSSR count). The lowest BCUT2D eigenvalue weighted by Crippen LogP contribution is -2.36. The van der Waals surface area contributed by atoms with E-state index in [0.29, 0.717) is 43.5 Å². The van der Waals surface area contributed by atoms with Gasteiger partial charge in [-0.25, -0.2) is 9.78 Å². The highest BCUT2D eigenvalue weighted by molar-refractivity contribution is 5.67. The molecule has 1 aromatic heterocycles. The smallest absolute Gasteiger partial charge is 0.409 e. The maximum Gasteiger partial charge on any atom is 0.409 e. The first-order valence-electron chi connectivity index (χ1n) is 8.16. The first-order valence-corrected chi connectivity index (χ1v) is 8.16. The van der Waals surface area contributed by atoms with Crippen LogP contribution in [0.15, 0.2) is 12.3 Å². The maximum atomic E-state index is 12.1. The number of aromatic nitrogens is 1. The van der Waals surface area contributed by atoms with Crippen LogP contribution >= 0.6 is 0 Å². The van der Waals surface area contributed by atoms with Crippen LogP contribution in [0, 0.1) is 23.0 Å². The molecule has 1 aliphatic rings. The van der Waals surface area contributed by atoms with Gasteiger partial charge >= 0.3 is 6.09 Å². The van der Waals surface area contributed by atoms with E-state index in [2.05, 4.69) is 4.98 Å². The molecule has 0 atom stereocenters. The van der Waals surface area contributed by atoms with Crippen molar-refractivity contribution in [3.8, 4) is 0 Å². The summed E-state index contributed by atoms with van der Waals surface area (Å²) in [7, 11) is 0. The molecule has 2 heterocycles. The number of amides is 1. The van der Waals surface area contributed by atoms with E-state index in [1.165, 1.54) is 6.20 Å². The molecule has 0 unspecified atom stereocenters. The Hall–Kier alpha value is -2.38. The number of carbonyl (C=O) groups is 1. The van der Waals surface area contributed by atoms with Gasteiger partial charge < -0.3 is 14.5 Å². The Bertz CT molecular complexity index is 606. The number of nitrogens with zero attached hydrogens (tertiary/aromatic N) is 4. The fourth-order valence-corrected chi connectivity index (χ4v) is 2.56. The molecule has 0 N–H and O–H groups in total. The number of hydrogen-bond acceptors (Lipinski definition) is 6. The van der Waals surface area contributed by atoms with Crippen molar-refractivity contribution in [3.05, 3.63) is 27.9 Å². The van der Waals surface area contributed by atoms with Crippen molar-refractivity contribution in [2.24, 2.45) is 5.92 Å². The highest BCUT2D eigenvalue weighted by Crippen LogP contribution is 2.22. The van der Waals surface area contributed by atoms with Gasteiger partial charge in [0.05, 0.1) is 11.5 Å². The van der Waals surface area contributed by atoms with E-state index in [-0.39, 0.29) is 11.8 Å². The summed E-state index contributed by atoms with van der Waals surface area (Å²) in [4.78, 5) is 30.5. The SMILES string of the molecule is Cc1cc(N2CCCN(C(=O)OCC(C)C)CC2)ncc1[N+](=O)[O-]. The van der Waals surface area contributed by atoms with Crippen LogP contribution in [0.3, 0.4) is 0 Å². The van der Waals surface area contributed by atoms with E-state index in [0.717, 1.165) is 13.0 Å². The summed E-state index contributed by atoms with van der Waals surface area (Å²) < 4.78 is 5.28. The van der Waals surface area contributed by atoms with Gasteiger partial charge in [0.2, 0.25) is 0 Å². The Morgan fingerprint density at radius 1 is 1.38 bits per heavy atom. The summed E-state index contributed by atoms with van der Waals surface area (Å²) in [6.45, 7) is 8.69. The van der Waals surface area contributed by atoms with Gasteiger partial charge in [-0.1, -0.05) is 13.8 Å². The number of carbonyl (C=O) groups excluding carboxylic acids is 1. The molecule has 24 heavy (non-hydrogen) atoms. The third kappa shape index (κ3) is 4.56. The van der Waals surface area contributed by atoms with Crippen molar-refractivity contribution >= 4 is 17.6 Å². The molecule has 0 saturated carbocycles. The van der Waals surface area contributed by atoms with Gasteiger partial charge in [-0.2, -0.15) is 0 Å². The van der Waals surface area contributed by atoms with Gasteiger partial charge in [0, 0.05) is 31.7 Å². The Balaban J connectivity index is 1.99. The molecule has 1 saturated heterocycles. The van der Waals surface area contributed by atoms with Gasteiger partial charge in [-0.3, -0.25) is 10.1 Å². The van der Waals surface area contributed by atoms with Crippen LogP contribution < -0.4 is 4.90 Å². The highest BCUT2D eigenvalue weighted by Gasteiger charge is 2.22. The fourth-order valence-electron chi connectivity index (χ4n) is 2.56. The molecular formula is C16H24N4O4. The van der Waals surface area contributed by atoms with Crippen molar-refractivity contribution in [3.63, 3.8) is 0 Å². The minimum absolute atomic E-state index is 0.0208. The predicted molar refractivity (Wildman–Crippen MR) is 90.2 cm³/mol. The van der Waals surface area contributed by atoms with Crippen LogP contribution in [0.25, 0.3) is 0 Å². The zero-order chi connectivity index (χ0) is 17.7. The molecule has 1 amide bonds. The quantitative estimate of drug-likeness (QED) is 0.620. The summed E-state index contributed by atoms with van der Waals surface area (Å²) in [5, 5.41) is 10.9. The lowest BCUT2D eigenvalue weighted by molar-refractivity contribution is -0.385. The molecule has 0 aliphatic carbocycles. The molecule has 0 bridgehead atoms. The average Bonchev–Trinajstić information content (AvgIpc) is 2.78. The number of nitro groups is 1. The maximum absolute atomic E-state index is 12.1. The normalized spacial score (nSPS) is 15.3. The second-order valence-electron chi connectivity index (χ2n) is 6.38. The van der Waals surface area contributed by atoms with E-state index in [9.17, 15) is 14.9 Å². The molecule has 0 aromatic carbocycles. The number of hydrogen-bond donors (Lipinski definition) is 0. The van der Waals surface area contributed by atoms with Crippen molar-refractivity contribution in [2.75, 3.05) is 37.7 Å². The Morgan fingerprint density at radius 2 is 2.12 bits per heavy atom. The first kappa shape index (κ1) is 18.0. The highest BCUT2D eigenvalue weighted by atomic mass is 16.6. The van der Waals surface area contributed by atoms with E-state index in [1.807, 2.05) is 18.7 Å².